The second-order valence-electron chi connectivity index (χ2n) is 4.18. The smallest absolute Gasteiger partial charge is 0.240 e. The van der Waals surface area contributed by atoms with Crippen LogP contribution in [-0.4, -0.2) is 47.4 Å². The van der Waals surface area contributed by atoms with Crippen LogP contribution >= 0.6 is 23.2 Å². The first-order chi connectivity index (χ1) is 9.77. The van der Waals surface area contributed by atoms with Gasteiger partial charge < -0.3 is 10.1 Å². The molecule has 0 aromatic heterocycles. The van der Waals surface area contributed by atoms with Crippen molar-refractivity contribution < 1.29 is 17.9 Å². The fraction of sp³-hybridized carbons (Fsp3) is 0.417. The van der Waals surface area contributed by atoms with Crippen molar-refractivity contribution >= 4 is 44.8 Å². The monoisotopic (exact) mass is 354 g/mol. The van der Waals surface area contributed by atoms with Crippen molar-refractivity contribution in [3.63, 3.8) is 0 Å². The number of sulfonamides is 1. The lowest BCUT2D eigenvalue weighted by atomic mass is 10.3. The van der Waals surface area contributed by atoms with Gasteiger partial charge in [0, 0.05) is 13.7 Å². The Balaban J connectivity index is 3.01. The molecule has 1 N–H and O–H groups in total. The number of halogens is 2. The lowest BCUT2D eigenvalue weighted by Crippen LogP contribution is -2.41. The molecule has 1 amide bonds. The van der Waals surface area contributed by atoms with E-state index in [1.807, 2.05) is 0 Å². The SMILES string of the molecule is COCCNC(=O)CN(c1c(Cl)cccc1Cl)S(C)(=O)=O. The summed E-state index contributed by atoms with van der Waals surface area (Å²) in [5, 5.41) is 2.84. The predicted octanol–water partition coefficient (Wildman–Crippen LogP) is 1.52. The van der Waals surface area contributed by atoms with Gasteiger partial charge in [0.05, 0.1) is 28.6 Å². The minimum atomic E-state index is -3.72. The summed E-state index contributed by atoms with van der Waals surface area (Å²) in [5.74, 6) is -0.478. The molecule has 0 aliphatic carbocycles. The minimum Gasteiger partial charge on any atom is -0.383 e. The van der Waals surface area contributed by atoms with Crippen LogP contribution in [0.15, 0.2) is 18.2 Å². The first-order valence-electron chi connectivity index (χ1n) is 5.94. The van der Waals surface area contributed by atoms with Crippen LogP contribution in [0.3, 0.4) is 0 Å². The van der Waals surface area contributed by atoms with Crippen LogP contribution in [0.5, 0.6) is 0 Å². The van der Waals surface area contributed by atoms with Crippen LogP contribution in [0.25, 0.3) is 0 Å². The summed E-state index contributed by atoms with van der Waals surface area (Å²) in [4.78, 5) is 11.8. The van der Waals surface area contributed by atoms with Crippen LogP contribution in [-0.2, 0) is 19.6 Å². The van der Waals surface area contributed by atoms with Gasteiger partial charge in [-0.1, -0.05) is 29.3 Å². The van der Waals surface area contributed by atoms with Crippen molar-refractivity contribution in [1.82, 2.24) is 5.32 Å². The van der Waals surface area contributed by atoms with Gasteiger partial charge in [-0.3, -0.25) is 9.10 Å². The summed E-state index contributed by atoms with van der Waals surface area (Å²) in [7, 11) is -2.22. The summed E-state index contributed by atoms with van der Waals surface area (Å²) in [6, 6.07) is 4.60. The maximum atomic E-state index is 11.9. The summed E-state index contributed by atoms with van der Waals surface area (Å²) in [6.07, 6.45) is 0.981. The first-order valence-corrected chi connectivity index (χ1v) is 8.55. The minimum absolute atomic E-state index is 0.0882. The van der Waals surface area contributed by atoms with Gasteiger partial charge in [0.1, 0.15) is 6.54 Å². The number of hydrogen-bond acceptors (Lipinski definition) is 4. The van der Waals surface area contributed by atoms with Crippen LogP contribution in [0.4, 0.5) is 5.69 Å². The zero-order chi connectivity index (χ0) is 16.0. The maximum absolute atomic E-state index is 11.9. The Hall–Kier alpha value is -1.02. The highest BCUT2D eigenvalue weighted by molar-refractivity contribution is 7.92. The van der Waals surface area contributed by atoms with Crippen molar-refractivity contribution in [3.8, 4) is 0 Å². The third kappa shape index (κ3) is 5.35. The van der Waals surface area contributed by atoms with Gasteiger partial charge in [0.15, 0.2) is 0 Å². The van der Waals surface area contributed by atoms with Crippen LogP contribution in [0, 0.1) is 0 Å². The molecule has 9 heteroatoms. The van der Waals surface area contributed by atoms with Gasteiger partial charge in [0.2, 0.25) is 15.9 Å². The number of carbonyl (C=O) groups is 1. The molecular weight excluding hydrogens is 339 g/mol. The van der Waals surface area contributed by atoms with Crippen molar-refractivity contribution in [3.05, 3.63) is 28.2 Å². The number of anilines is 1. The van der Waals surface area contributed by atoms with E-state index in [2.05, 4.69) is 5.32 Å². The molecule has 1 aromatic carbocycles. The third-order valence-corrected chi connectivity index (χ3v) is 4.23. The van der Waals surface area contributed by atoms with E-state index >= 15 is 0 Å². The molecule has 21 heavy (non-hydrogen) atoms. The van der Waals surface area contributed by atoms with E-state index in [9.17, 15) is 13.2 Å². The van der Waals surface area contributed by atoms with Crippen molar-refractivity contribution in [2.45, 2.75) is 0 Å². The van der Waals surface area contributed by atoms with E-state index in [0.717, 1.165) is 10.6 Å². The van der Waals surface area contributed by atoms with Crippen LogP contribution in [0.1, 0.15) is 0 Å². The Morgan fingerprint density at radius 1 is 1.33 bits per heavy atom. The molecule has 6 nitrogen and oxygen atoms in total. The number of amides is 1. The fourth-order valence-corrected chi connectivity index (χ4v) is 3.15. The van der Waals surface area contributed by atoms with Gasteiger partial charge in [-0.05, 0) is 12.1 Å². The van der Waals surface area contributed by atoms with Gasteiger partial charge in [-0.25, -0.2) is 8.42 Å². The van der Waals surface area contributed by atoms with E-state index in [-0.39, 0.29) is 22.3 Å². The molecule has 0 aliphatic rings. The molecule has 0 saturated heterocycles. The number of benzene rings is 1. The highest BCUT2D eigenvalue weighted by Crippen LogP contribution is 2.34. The number of rotatable bonds is 7. The van der Waals surface area contributed by atoms with Crippen molar-refractivity contribution in [1.29, 1.82) is 0 Å². The fourth-order valence-electron chi connectivity index (χ4n) is 1.57. The lowest BCUT2D eigenvalue weighted by Gasteiger charge is -2.23. The maximum Gasteiger partial charge on any atom is 0.240 e. The van der Waals surface area contributed by atoms with Crippen LogP contribution in [0.2, 0.25) is 10.0 Å². The molecule has 1 aromatic rings. The Labute approximate surface area is 134 Å². The largest absolute Gasteiger partial charge is 0.383 e. The average molecular weight is 355 g/mol. The predicted molar refractivity (Wildman–Crippen MR) is 83.5 cm³/mol. The van der Waals surface area contributed by atoms with Crippen molar-refractivity contribution in [2.24, 2.45) is 0 Å². The molecule has 0 atom stereocenters. The second-order valence-corrected chi connectivity index (χ2v) is 6.90. The number of methoxy groups -OCH3 is 1. The Morgan fingerprint density at radius 2 is 1.90 bits per heavy atom. The molecule has 0 radical (unpaired) electrons. The van der Waals surface area contributed by atoms with Crippen molar-refractivity contribution in [2.75, 3.05) is 37.4 Å². The summed E-state index contributed by atoms with van der Waals surface area (Å²) in [5.41, 5.74) is 0.0882. The summed E-state index contributed by atoms with van der Waals surface area (Å²) < 4.78 is 29.5. The van der Waals surface area contributed by atoms with Gasteiger partial charge in [-0.15, -0.1) is 0 Å². The quantitative estimate of drug-likeness (QED) is 0.753. The third-order valence-electron chi connectivity index (χ3n) is 2.50. The zero-order valence-electron chi connectivity index (χ0n) is 11.6. The van der Waals surface area contributed by atoms with E-state index in [1.54, 1.807) is 6.07 Å². The Bertz CT molecular complexity index is 587. The number of para-hydroxylation sites is 1. The lowest BCUT2D eigenvalue weighted by molar-refractivity contribution is -0.119. The number of nitrogens with one attached hydrogen (secondary N) is 1. The highest BCUT2D eigenvalue weighted by atomic mass is 35.5. The molecule has 0 spiro atoms. The number of ether oxygens (including phenoxy) is 1. The van der Waals surface area contributed by atoms with E-state index in [4.69, 9.17) is 27.9 Å². The van der Waals surface area contributed by atoms with E-state index in [0.29, 0.717) is 6.61 Å². The Kier molecular flexibility index (Phi) is 6.73. The molecule has 0 aliphatic heterocycles. The Morgan fingerprint density at radius 3 is 2.38 bits per heavy atom. The molecule has 0 saturated carbocycles. The molecule has 0 fully saturated rings. The molecule has 118 valence electrons. The first kappa shape index (κ1) is 18.0. The molecule has 0 heterocycles. The molecule has 0 unspecified atom stereocenters. The summed E-state index contributed by atoms with van der Waals surface area (Å²) >= 11 is 12.0. The van der Waals surface area contributed by atoms with E-state index < -0.39 is 22.5 Å². The van der Waals surface area contributed by atoms with Gasteiger partial charge in [0.25, 0.3) is 0 Å². The number of nitrogens with zero attached hydrogens (tertiary/aromatic N) is 1. The zero-order valence-corrected chi connectivity index (χ0v) is 13.9. The standard InChI is InChI=1S/C12H16Cl2N2O4S/c1-20-7-6-15-11(17)8-16(21(2,18)19)12-9(13)4-3-5-10(12)14/h3-5H,6-8H2,1-2H3,(H,15,17). The topological polar surface area (TPSA) is 75.7 Å². The highest BCUT2D eigenvalue weighted by Gasteiger charge is 2.25. The van der Waals surface area contributed by atoms with E-state index in [1.165, 1.54) is 19.2 Å². The molecule has 1 rings (SSSR count). The average Bonchev–Trinajstić information content (AvgIpc) is 2.36. The summed E-state index contributed by atoms with van der Waals surface area (Å²) in [6.45, 7) is 0.201. The molecule has 0 bridgehead atoms. The molecular formula is C12H16Cl2N2O4S. The number of carbonyl (C=O) groups excluding carboxylic acids is 1. The second kappa shape index (κ2) is 7.84. The van der Waals surface area contributed by atoms with Gasteiger partial charge in [-0.2, -0.15) is 0 Å². The van der Waals surface area contributed by atoms with Gasteiger partial charge >= 0.3 is 0 Å². The van der Waals surface area contributed by atoms with Crippen LogP contribution < -0.4 is 9.62 Å². The normalized spacial score (nSPS) is 11.2. The number of hydrogen-bond donors (Lipinski definition) is 1.